The molecule has 0 spiro atoms. The Bertz CT molecular complexity index is 5780. The van der Waals surface area contributed by atoms with Gasteiger partial charge in [-0.25, -0.2) is 19.2 Å². The summed E-state index contributed by atoms with van der Waals surface area (Å²) in [5.41, 5.74) is 36.5. The van der Waals surface area contributed by atoms with E-state index < -0.39 is 218 Å². The number of thiol groups is 1. The minimum Gasteiger partial charge on any atom is -0.508 e. The number of phenols is 1. The number of carbonyl (C=O) groups is 5. The fourth-order valence-corrected chi connectivity index (χ4v) is 14.3. The number of aromatic amines is 1. The van der Waals surface area contributed by atoms with Crippen LogP contribution in [0.5, 0.6) is 5.75 Å². The van der Waals surface area contributed by atoms with Crippen LogP contribution in [0.3, 0.4) is 0 Å². The summed E-state index contributed by atoms with van der Waals surface area (Å²) >= 11 is 6.02. The summed E-state index contributed by atoms with van der Waals surface area (Å²) in [5.74, 6) is -3.77. The third-order valence-corrected chi connectivity index (χ3v) is 22.7. The van der Waals surface area contributed by atoms with Crippen LogP contribution >= 0.6 is 12.6 Å². The second-order valence-corrected chi connectivity index (χ2v) is 32.1. The van der Waals surface area contributed by atoms with Crippen molar-refractivity contribution in [3.05, 3.63) is 215 Å². The van der Waals surface area contributed by atoms with E-state index in [0.717, 1.165) is 50.4 Å². The molecule has 6 aromatic heterocycles. The van der Waals surface area contributed by atoms with Crippen LogP contribution < -0.4 is 84.5 Å². The van der Waals surface area contributed by atoms with Crippen LogP contribution in [0.4, 0.5) is 29.1 Å². The summed E-state index contributed by atoms with van der Waals surface area (Å²) in [6.07, 6.45) is -17.2. The molecule has 32 N–H and O–H groups in total. The number of phenolic OH excluding ortho intramolecular Hbond substituents is 1. The second-order valence-electron chi connectivity index (χ2n) is 31.0. The molecule has 0 bridgehead atoms. The summed E-state index contributed by atoms with van der Waals surface area (Å²) in [7, 11) is 0. The summed E-state index contributed by atoms with van der Waals surface area (Å²) in [6.45, 7) is -1.79. The fourth-order valence-electron chi connectivity index (χ4n) is 13.9. The van der Waals surface area contributed by atoms with Crippen molar-refractivity contribution in [1.82, 2.24) is 52.7 Å². The Morgan fingerprint density at radius 2 is 0.626 bits per heavy atom. The van der Waals surface area contributed by atoms with Gasteiger partial charge in [0.1, 0.15) is 130 Å². The molecule has 756 valence electrons. The average molecular weight is 2050 g/mol. The number of anilines is 5. The van der Waals surface area contributed by atoms with E-state index in [1.54, 1.807) is 45.7 Å². The van der Waals surface area contributed by atoms with Gasteiger partial charge in [-0.2, -0.15) is 32.6 Å². The molecule has 5 fully saturated rings. The molecule has 59 heteroatoms. The number of hydrogen-bond acceptors (Lipinski definition) is 52. The molecule has 0 aliphatic carbocycles. The molecule has 0 unspecified atom stereocenters. The number of aromatic hydroxyl groups is 1. The number of carbonyl (C=O) groups excluding carboxylic acids is 5. The third-order valence-electron chi connectivity index (χ3n) is 21.4. The summed E-state index contributed by atoms with van der Waals surface area (Å²) < 4.78 is 57.3. The number of rotatable bonds is 33. The number of aromatic nitrogens is 11. The van der Waals surface area contributed by atoms with E-state index in [4.69, 9.17) is 102 Å². The summed E-state index contributed by atoms with van der Waals surface area (Å²) in [6, 6.07) is 24.8. The third kappa shape index (κ3) is 28.0. The first-order valence-corrected chi connectivity index (χ1v) is 43.6. The largest absolute Gasteiger partial charge is 0.508 e. The molecule has 139 heavy (non-hydrogen) atoms. The van der Waals surface area contributed by atoms with Crippen LogP contribution in [0.25, 0.3) is 10.9 Å². The Balaban J connectivity index is 0.000000180. The van der Waals surface area contributed by atoms with Crippen LogP contribution in [0.15, 0.2) is 170 Å². The van der Waals surface area contributed by atoms with E-state index in [2.05, 4.69) is 58.5 Å². The number of nitrogens with two attached hydrogens (primary N) is 5. The molecule has 25 atom stereocenters. The summed E-state index contributed by atoms with van der Waals surface area (Å²) in [4.78, 5) is 140. The predicted molar refractivity (Wildman–Crippen MR) is 474 cm³/mol. The van der Waals surface area contributed by atoms with Crippen LogP contribution in [0.1, 0.15) is 47.8 Å². The van der Waals surface area contributed by atoms with Gasteiger partial charge in [0, 0.05) is 54.1 Å². The fraction of sp³-hybridized carbons (Fsp3) is 0.438. The molecule has 5 saturated heterocycles. The smallest absolute Gasteiger partial charge is 0.351 e. The van der Waals surface area contributed by atoms with Crippen LogP contribution in [-0.4, -0.2) is 341 Å². The van der Waals surface area contributed by atoms with E-state index >= 15 is 0 Å². The van der Waals surface area contributed by atoms with Crippen molar-refractivity contribution in [2.24, 2.45) is 28.7 Å². The maximum Gasteiger partial charge on any atom is 0.351 e. The normalized spacial score (nSPS) is 25.5. The number of esters is 5. The number of H-pyrrole nitrogens is 1. The van der Waals surface area contributed by atoms with Gasteiger partial charge in [-0.1, -0.05) is 60.7 Å². The number of aliphatic hydroxyl groups is 10. The SMILES string of the molecule is N[C@H](CS)C(=O)OC[C@H]1O[C@@H](n2ccc(NO)nc2=O)[C@H](O)[C@@H]1O.N[C@H](C[SeH])C(=O)OC[C@H]1O[C@@H](n2ccc(NO)nc2=O)[C@H](O)[C@@H]1O.N[C@H](Cc1c[nH]c2ccccc12)C(=O)OC[C@H]1O[C@@H](n2ccc(NO)nc2=O)[C@H](O)[C@@H]1O.N[C@H](Cc1ccc(O)cc1)C(=O)OC[C@H]1O[C@@H](n2ccc(NO)nc2=O)[C@H](O)[C@@H]1O.N[C@H](Cc1ccccc1)C(=O)OC[C@H]1O[C@@H](n2ccc(NO)nc2=O)[C@H](O)[C@@H]1O. The second kappa shape index (κ2) is 51.0. The molecule has 0 saturated carbocycles. The quantitative estimate of drug-likeness (QED) is 0.00597. The zero-order chi connectivity index (χ0) is 101. The number of hydrogen-bond donors (Lipinski definition) is 28. The molecular weight excluding hydrogens is 1940 g/mol. The van der Waals surface area contributed by atoms with E-state index in [1.807, 2.05) is 54.6 Å². The molecule has 11 heterocycles. The van der Waals surface area contributed by atoms with E-state index in [0.29, 0.717) is 5.32 Å². The van der Waals surface area contributed by atoms with Gasteiger partial charge >= 0.3 is 179 Å². The Labute approximate surface area is 794 Å². The van der Waals surface area contributed by atoms with Gasteiger partial charge in [0.25, 0.3) is 0 Å². The van der Waals surface area contributed by atoms with E-state index in [9.17, 15) is 104 Å². The van der Waals surface area contributed by atoms with Crippen molar-refractivity contribution < 1.29 is 154 Å². The molecule has 57 nitrogen and oxygen atoms in total. The van der Waals surface area contributed by atoms with Crippen molar-refractivity contribution in [1.29, 1.82) is 0 Å². The van der Waals surface area contributed by atoms with Gasteiger partial charge in [0.2, 0.25) is 0 Å². The standard InChI is InChI=1S/C20H23N5O7.C18H22N4O8.C18H22N4O7.C12H18N4O7S.C12H18N4O7Se/c21-12(7-10-8-22-13-4-2-1-3-11(10)13)19(28)31-9-14-16(26)17(27)18(32-14)25-6-5-15(24-30)23-20(25)29;19-11(7-9-1-3-10(23)4-2-9)17(26)29-8-12-14(24)15(25)16(30-12)22-6-5-13(21-28)20-18(22)27;19-11(8-10-4-2-1-3-5-10)17(25)28-9-12-14(23)15(24)16(29-12)22-7-6-13(21-27)20-18(22)26;2*13-5(4-24)11(19)22-3-6-8(17)9(18)10(23-6)16-2-1-7(15-21)14-12(16)20/h1-6,8,12,14,16-18,22,26-27,30H,7,9,21H2,(H,23,24,29);1-6,11-12,14-16,23-25,28H,7-8,19H2,(H,20,21,27);1-7,11-12,14-16,23-24,27H,8-9,19H2,(H,20,21,26);2*1-2,5-6,8-10,17-18,21,24H,3-4,13H2,(H,14,15,20)/t12-,14-,16-,17-,18-;2*11-,12-,14-,15-,16-;2*5-,6-,8-,9-,10-/m11111/s1. The van der Waals surface area contributed by atoms with Gasteiger partial charge in [-0.15, -0.1) is 0 Å². The van der Waals surface area contributed by atoms with Gasteiger partial charge in [-0.3, -0.25) is 90.9 Å². The average Bonchev–Trinajstić information content (AvgIpc) is 1.67. The molecular formula is C80H103N21O36SSe. The molecule has 14 rings (SSSR count). The number of nitrogens with zero attached hydrogens (tertiary/aromatic N) is 10. The topological polar surface area (TPSA) is 882 Å². The molecule has 5 aliphatic heterocycles. The van der Waals surface area contributed by atoms with Crippen LogP contribution in [-0.2, 0) is 90.6 Å². The van der Waals surface area contributed by atoms with Gasteiger partial charge < -0.3 is 112 Å². The van der Waals surface area contributed by atoms with Crippen molar-refractivity contribution in [2.75, 3.05) is 66.2 Å². The zero-order valence-electron chi connectivity index (χ0n) is 72.4. The first kappa shape index (κ1) is 109. The van der Waals surface area contributed by atoms with Crippen LogP contribution in [0, 0.1) is 0 Å². The van der Waals surface area contributed by atoms with Gasteiger partial charge in [0.15, 0.2) is 48.2 Å². The molecule has 3 aromatic carbocycles. The molecule has 0 radical (unpaired) electrons. The monoisotopic (exact) mass is 2050 g/mol. The molecule has 0 amide bonds. The minimum absolute atomic E-state index is 0.0817. The van der Waals surface area contributed by atoms with Gasteiger partial charge in [0.05, 0.1) is 0 Å². The first-order chi connectivity index (χ1) is 66.3. The van der Waals surface area contributed by atoms with Crippen molar-refractivity contribution in [3.8, 4) is 5.75 Å². The molecule has 9 aromatic rings. The minimum atomic E-state index is -1.48. The Morgan fingerprint density at radius 3 is 0.899 bits per heavy atom. The number of ether oxygens (including phenoxy) is 10. The maximum absolute atomic E-state index is 12.4. The Hall–Kier alpha value is -12.4. The number of benzene rings is 3. The van der Waals surface area contributed by atoms with Gasteiger partial charge in [-0.05, 0) is 72.0 Å². The van der Waals surface area contributed by atoms with Crippen molar-refractivity contribution >= 4 is 98.5 Å². The van der Waals surface area contributed by atoms with E-state index in [1.165, 1.54) is 73.4 Å². The number of para-hydroxylation sites is 1. The maximum atomic E-state index is 12.4. The number of aliphatic hydroxyl groups excluding tert-OH is 10. The first-order valence-electron chi connectivity index (χ1n) is 41.6. The molecule has 5 aliphatic rings. The Kier molecular flexibility index (Phi) is 39.8. The Morgan fingerprint density at radius 1 is 0.367 bits per heavy atom. The summed E-state index contributed by atoms with van der Waals surface area (Å²) in [5, 5.41) is 156. The van der Waals surface area contributed by atoms with E-state index in [-0.39, 0.29) is 86.3 Å². The predicted octanol–water partition coefficient (Wildman–Crippen LogP) is -9.17. The number of fused-ring (bicyclic) bond motifs is 1. The van der Waals surface area contributed by atoms with Crippen molar-refractivity contribution in [2.45, 2.75) is 177 Å². The zero-order valence-corrected chi connectivity index (χ0v) is 75.2. The van der Waals surface area contributed by atoms with Crippen molar-refractivity contribution in [3.63, 3.8) is 0 Å². The number of nitrogens with one attached hydrogen (secondary N) is 6. The van der Waals surface area contributed by atoms with Crippen LogP contribution in [0.2, 0.25) is 5.32 Å².